The molecule has 1 amide bonds. The van der Waals surface area contributed by atoms with Crippen molar-refractivity contribution in [1.29, 1.82) is 0 Å². The monoisotopic (exact) mass is 537 g/mol. The summed E-state index contributed by atoms with van der Waals surface area (Å²) in [6.45, 7) is 15.0. The standard InChI is InChI=1S/C22H43N5O2.HI/c1-17(2)26-14-10-19(11-15-26)25-20(23-6)24-12-9-18-8-7-13-27(16-18)21(28)29-22(3,4)5;/h17-19H,7-16H2,1-6H3,(H2,23,24,25);1H. The van der Waals surface area contributed by atoms with Gasteiger partial charge in [-0.05, 0) is 72.6 Å². The average molecular weight is 538 g/mol. The summed E-state index contributed by atoms with van der Waals surface area (Å²) in [4.78, 5) is 21.1. The summed E-state index contributed by atoms with van der Waals surface area (Å²) < 4.78 is 5.53. The van der Waals surface area contributed by atoms with Crippen molar-refractivity contribution in [3.05, 3.63) is 0 Å². The number of ether oxygens (including phenoxy) is 1. The predicted molar refractivity (Wildman–Crippen MR) is 135 cm³/mol. The molecule has 176 valence electrons. The van der Waals surface area contributed by atoms with Crippen LogP contribution in [0.2, 0.25) is 0 Å². The lowest BCUT2D eigenvalue weighted by molar-refractivity contribution is 0.0162. The van der Waals surface area contributed by atoms with Gasteiger partial charge in [0, 0.05) is 51.9 Å². The number of likely N-dealkylation sites (tertiary alicyclic amines) is 2. The van der Waals surface area contributed by atoms with Crippen LogP contribution < -0.4 is 10.6 Å². The lowest BCUT2D eigenvalue weighted by Gasteiger charge is -2.35. The molecule has 2 aliphatic heterocycles. The maximum atomic E-state index is 12.3. The topological polar surface area (TPSA) is 69.2 Å². The molecule has 0 aromatic heterocycles. The molecule has 0 aromatic carbocycles. The second kappa shape index (κ2) is 12.9. The minimum atomic E-state index is -0.435. The zero-order valence-electron chi connectivity index (χ0n) is 19.9. The molecule has 7 nitrogen and oxygen atoms in total. The zero-order valence-corrected chi connectivity index (χ0v) is 22.2. The van der Waals surface area contributed by atoms with E-state index in [9.17, 15) is 4.79 Å². The van der Waals surface area contributed by atoms with Crippen LogP contribution in [0.15, 0.2) is 4.99 Å². The fourth-order valence-electron chi connectivity index (χ4n) is 4.14. The number of aliphatic imine (C=N–C) groups is 1. The van der Waals surface area contributed by atoms with Gasteiger partial charge in [0.1, 0.15) is 5.60 Å². The number of nitrogens with zero attached hydrogens (tertiary/aromatic N) is 3. The number of rotatable bonds is 5. The van der Waals surface area contributed by atoms with E-state index in [4.69, 9.17) is 4.74 Å². The van der Waals surface area contributed by atoms with Crippen LogP contribution in [0.5, 0.6) is 0 Å². The number of hydrogen-bond acceptors (Lipinski definition) is 4. The van der Waals surface area contributed by atoms with Crippen molar-refractivity contribution in [3.8, 4) is 0 Å². The van der Waals surface area contributed by atoms with Gasteiger partial charge in [0.25, 0.3) is 0 Å². The summed E-state index contributed by atoms with van der Waals surface area (Å²) in [5, 5.41) is 7.05. The Morgan fingerprint density at radius 2 is 1.83 bits per heavy atom. The predicted octanol–water partition coefficient (Wildman–Crippen LogP) is 3.68. The van der Waals surface area contributed by atoms with E-state index in [1.165, 1.54) is 6.42 Å². The van der Waals surface area contributed by atoms with E-state index in [-0.39, 0.29) is 30.1 Å². The number of nitrogens with one attached hydrogen (secondary N) is 2. The molecule has 1 atom stereocenters. The normalized spacial score (nSPS) is 21.9. The molecule has 2 rings (SSSR count). The first-order valence-corrected chi connectivity index (χ1v) is 11.4. The second-order valence-electron chi connectivity index (χ2n) is 9.77. The highest BCUT2D eigenvalue weighted by Gasteiger charge is 2.27. The van der Waals surface area contributed by atoms with Crippen molar-refractivity contribution in [2.75, 3.05) is 39.8 Å². The van der Waals surface area contributed by atoms with Gasteiger partial charge < -0.3 is 25.2 Å². The molecule has 2 N–H and O–H groups in total. The number of halogens is 1. The molecular formula is C22H44IN5O2. The molecule has 2 saturated heterocycles. The summed E-state index contributed by atoms with van der Waals surface area (Å²) in [6, 6.07) is 1.12. The summed E-state index contributed by atoms with van der Waals surface area (Å²) in [6.07, 6.45) is 5.39. The first-order valence-electron chi connectivity index (χ1n) is 11.4. The maximum Gasteiger partial charge on any atom is 0.410 e. The summed E-state index contributed by atoms with van der Waals surface area (Å²) in [5.74, 6) is 1.41. The number of carbonyl (C=O) groups excluding carboxylic acids is 1. The Morgan fingerprint density at radius 1 is 1.17 bits per heavy atom. The lowest BCUT2D eigenvalue weighted by Crippen LogP contribution is -2.50. The van der Waals surface area contributed by atoms with E-state index in [0.29, 0.717) is 18.0 Å². The Morgan fingerprint density at radius 3 is 2.40 bits per heavy atom. The van der Waals surface area contributed by atoms with Crippen molar-refractivity contribution in [2.45, 2.75) is 84.4 Å². The van der Waals surface area contributed by atoms with Gasteiger partial charge in [-0.1, -0.05) is 0 Å². The highest BCUT2D eigenvalue weighted by molar-refractivity contribution is 14.0. The fourth-order valence-corrected chi connectivity index (χ4v) is 4.14. The van der Waals surface area contributed by atoms with Crippen LogP contribution in [-0.4, -0.2) is 79.3 Å². The molecule has 2 heterocycles. The minimum Gasteiger partial charge on any atom is -0.444 e. The van der Waals surface area contributed by atoms with Crippen molar-refractivity contribution < 1.29 is 9.53 Å². The van der Waals surface area contributed by atoms with Crippen LogP contribution in [-0.2, 0) is 4.74 Å². The van der Waals surface area contributed by atoms with E-state index in [1.54, 1.807) is 0 Å². The maximum absolute atomic E-state index is 12.3. The van der Waals surface area contributed by atoms with Crippen LogP contribution in [0.25, 0.3) is 0 Å². The van der Waals surface area contributed by atoms with Gasteiger partial charge in [0.15, 0.2) is 5.96 Å². The summed E-state index contributed by atoms with van der Waals surface area (Å²) >= 11 is 0. The molecule has 30 heavy (non-hydrogen) atoms. The number of guanidine groups is 1. The second-order valence-corrected chi connectivity index (χ2v) is 9.77. The molecule has 1 unspecified atom stereocenters. The Labute approximate surface area is 200 Å². The third kappa shape index (κ3) is 9.58. The smallest absolute Gasteiger partial charge is 0.410 e. The van der Waals surface area contributed by atoms with Crippen LogP contribution in [0, 0.1) is 5.92 Å². The number of piperidine rings is 2. The largest absolute Gasteiger partial charge is 0.444 e. The molecule has 2 fully saturated rings. The van der Waals surface area contributed by atoms with Crippen LogP contribution in [0.3, 0.4) is 0 Å². The molecule has 0 radical (unpaired) electrons. The van der Waals surface area contributed by atoms with Gasteiger partial charge in [-0.2, -0.15) is 0 Å². The van der Waals surface area contributed by atoms with Crippen LogP contribution in [0.1, 0.15) is 66.7 Å². The van der Waals surface area contributed by atoms with E-state index < -0.39 is 5.60 Å². The number of hydrogen-bond donors (Lipinski definition) is 2. The van der Waals surface area contributed by atoms with E-state index in [1.807, 2.05) is 32.7 Å². The highest BCUT2D eigenvalue weighted by atomic mass is 127. The van der Waals surface area contributed by atoms with E-state index in [0.717, 1.165) is 64.4 Å². The molecule has 0 bridgehead atoms. The summed E-state index contributed by atoms with van der Waals surface area (Å²) in [7, 11) is 1.84. The van der Waals surface area contributed by atoms with Crippen molar-refractivity contribution in [2.24, 2.45) is 10.9 Å². The van der Waals surface area contributed by atoms with Crippen LogP contribution in [0.4, 0.5) is 4.79 Å². The molecular weight excluding hydrogens is 493 g/mol. The molecule has 0 saturated carbocycles. The van der Waals surface area contributed by atoms with E-state index >= 15 is 0 Å². The highest BCUT2D eigenvalue weighted by Crippen LogP contribution is 2.21. The van der Waals surface area contributed by atoms with Gasteiger partial charge in [-0.3, -0.25) is 4.99 Å². The van der Waals surface area contributed by atoms with Crippen LogP contribution >= 0.6 is 24.0 Å². The van der Waals surface area contributed by atoms with Gasteiger partial charge in [0.2, 0.25) is 0 Å². The Balaban J connectivity index is 0.00000450. The Kier molecular flexibility index (Phi) is 11.8. The molecule has 8 heteroatoms. The Bertz CT molecular complexity index is 542. The van der Waals surface area contributed by atoms with Crippen molar-refractivity contribution >= 4 is 36.0 Å². The Hall–Kier alpha value is -0.770. The molecule has 0 aliphatic carbocycles. The number of amides is 1. The minimum absolute atomic E-state index is 0. The van der Waals surface area contributed by atoms with E-state index in [2.05, 4.69) is 34.4 Å². The van der Waals surface area contributed by atoms with Crippen molar-refractivity contribution in [1.82, 2.24) is 20.4 Å². The zero-order chi connectivity index (χ0) is 21.4. The first kappa shape index (κ1) is 27.3. The molecule has 2 aliphatic rings. The number of carbonyl (C=O) groups is 1. The third-order valence-corrected chi connectivity index (χ3v) is 5.84. The summed E-state index contributed by atoms with van der Waals surface area (Å²) in [5.41, 5.74) is -0.435. The average Bonchev–Trinajstić information content (AvgIpc) is 2.66. The fraction of sp³-hybridized carbons (Fsp3) is 0.909. The third-order valence-electron chi connectivity index (χ3n) is 5.84. The first-order chi connectivity index (χ1) is 13.7. The molecule has 0 spiro atoms. The van der Waals surface area contributed by atoms with Gasteiger partial charge in [-0.25, -0.2) is 4.79 Å². The van der Waals surface area contributed by atoms with Gasteiger partial charge in [0.05, 0.1) is 0 Å². The molecule has 0 aromatic rings. The van der Waals surface area contributed by atoms with Gasteiger partial charge >= 0.3 is 6.09 Å². The SMILES string of the molecule is CN=C(NCCC1CCCN(C(=O)OC(C)(C)C)C1)NC1CCN(C(C)C)CC1.I. The lowest BCUT2D eigenvalue weighted by atomic mass is 9.95. The van der Waals surface area contributed by atoms with Crippen molar-refractivity contribution in [3.63, 3.8) is 0 Å². The quantitative estimate of drug-likeness (QED) is 0.318. The van der Waals surface area contributed by atoms with Gasteiger partial charge in [-0.15, -0.1) is 24.0 Å².